The fourth-order valence-corrected chi connectivity index (χ4v) is 4.24. The summed E-state index contributed by atoms with van der Waals surface area (Å²) in [5.74, 6) is 0.677. The molecule has 21 heavy (non-hydrogen) atoms. The van der Waals surface area contributed by atoms with Gasteiger partial charge in [-0.25, -0.2) is 4.98 Å². The monoisotopic (exact) mass is 299 g/mol. The van der Waals surface area contributed by atoms with Crippen LogP contribution in [-0.4, -0.2) is 11.5 Å². The van der Waals surface area contributed by atoms with Gasteiger partial charge in [-0.05, 0) is 43.7 Å². The minimum absolute atomic E-state index is 0.624. The van der Waals surface area contributed by atoms with Crippen molar-refractivity contribution in [1.82, 2.24) is 4.98 Å². The predicted octanol–water partition coefficient (Wildman–Crippen LogP) is 3.95. The summed E-state index contributed by atoms with van der Waals surface area (Å²) in [5, 5.41) is 1.15. The number of aryl methyl sites for hydroxylation is 1. The van der Waals surface area contributed by atoms with Gasteiger partial charge in [0.1, 0.15) is 0 Å². The molecule has 1 aromatic carbocycles. The van der Waals surface area contributed by atoms with E-state index in [0.29, 0.717) is 12.5 Å². The molecule has 0 spiro atoms. The van der Waals surface area contributed by atoms with Crippen molar-refractivity contribution in [2.45, 2.75) is 44.6 Å². The number of thiazole rings is 1. The van der Waals surface area contributed by atoms with Crippen molar-refractivity contribution in [3.05, 3.63) is 40.4 Å². The van der Waals surface area contributed by atoms with Crippen molar-refractivity contribution < 1.29 is 0 Å². The molecule has 0 saturated heterocycles. The number of benzene rings is 1. The summed E-state index contributed by atoms with van der Waals surface area (Å²) < 4.78 is 0. The molecule has 1 aromatic heterocycles. The second-order valence-electron chi connectivity index (χ2n) is 6.02. The van der Waals surface area contributed by atoms with Crippen molar-refractivity contribution in [3.63, 3.8) is 0 Å². The molecule has 0 atom stereocenters. The third-order valence-corrected chi connectivity index (χ3v) is 5.57. The summed E-state index contributed by atoms with van der Waals surface area (Å²) in [5.41, 5.74) is 10.0. The van der Waals surface area contributed by atoms with Crippen molar-refractivity contribution in [3.8, 4) is 0 Å². The molecular weight excluding hydrogens is 278 g/mol. The molecule has 2 heterocycles. The van der Waals surface area contributed by atoms with Gasteiger partial charge in [0, 0.05) is 29.6 Å². The molecule has 4 rings (SSSR count). The van der Waals surface area contributed by atoms with Crippen LogP contribution < -0.4 is 10.6 Å². The number of hydrogen-bond donors (Lipinski definition) is 1. The topological polar surface area (TPSA) is 42.1 Å². The average molecular weight is 299 g/mol. The van der Waals surface area contributed by atoms with Gasteiger partial charge in [-0.15, -0.1) is 0 Å². The Morgan fingerprint density at radius 3 is 2.90 bits per heavy atom. The Morgan fingerprint density at radius 1 is 1.24 bits per heavy atom. The van der Waals surface area contributed by atoms with E-state index in [9.17, 15) is 0 Å². The van der Waals surface area contributed by atoms with Crippen LogP contribution in [0.25, 0.3) is 0 Å². The summed E-state index contributed by atoms with van der Waals surface area (Å²) in [7, 11) is 0. The highest BCUT2D eigenvalue weighted by atomic mass is 32.1. The standard InChI is InChI=1S/C17H21N3S/c18-11-15-16(13-8-9-13)19-17(21-15)20-10-4-3-6-12-5-1-2-7-14(12)20/h1-2,5,7,13H,3-4,6,8-11,18H2. The van der Waals surface area contributed by atoms with Crippen molar-refractivity contribution >= 4 is 22.2 Å². The van der Waals surface area contributed by atoms with E-state index in [0.717, 1.165) is 11.7 Å². The normalized spacial score (nSPS) is 18.4. The summed E-state index contributed by atoms with van der Waals surface area (Å²) in [4.78, 5) is 8.67. The maximum Gasteiger partial charge on any atom is 0.190 e. The van der Waals surface area contributed by atoms with Crippen LogP contribution in [0.1, 0.15) is 47.7 Å². The minimum Gasteiger partial charge on any atom is -0.326 e. The number of nitrogens with zero attached hydrogens (tertiary/aromatic N) is 2. The third-order valence-electron chi connectivity index (χ3n) is 4.46. The molecule has 1 saturated carbocycles. The number of anilines is 2. The largest absolute Gasteiger partial charge is 0.326 e. The number of para-hydroxylation sites is 1. The van der Waals surface area contributed by atoms with Gasteiger partial charge < -0.3 is 10.6 Å². The fraction of sp³-hybridized carbons (Fsp3) is 0.471. The molecule has 0 bridgehead atoms. The molecule has 1 fully saturated rings. The molecule has 2 aromatic rings. The summed E-state index contributed by atoms with van der Waals surface area (Å²) in [6, 6.07) is 8.77. The maximum atomic E-state index is 5.94. The van der Waals surface area contributed by atoms with Crippen LogP contribution in [0.15, 0.2) is 24.3 Å². The summed E-state index contributed by atoms with van der Waals surface area (Å²) in [6.45, 7) is 1.69. The lowest BCUT2D eigenvalue weighted by Crippen LogP contribution is -2.17. The first-order chi connectivity index (χ1) is 10.4. The zero-order valence-electron chi connectivity index (χ0n) is 12.2. The molecule has 110 valence electrons. The van der Waals surface area contributed by atoms with E-state index in [2.05, 4.69) is 29.2 Å². The zero-order chi connectivity index (χ0) is 14.2. The van der Waals surface area contributed by atoms with Crippen molar-refractivity contribution in [2.24, 2.45) is 5.73 Å². The average Bonchev–Trinajstić information content (AvgIpc) is 3.31. The third kappa shape index (κ3) is 2.47. The molecule has 2 aliphatic rings. The zero-order valence-corrected chi connectivity index (χ0v) is 13.0. The van der Waals surface area contributed by atoms with Gasteiger partial charge in [0.15, 0.2) is 5.13 Å². The first-order valence-electron chi connectivity index (χ1n) is 7.92. The highest BCUT2D eigenvalue weighted by Crippen LogP contribution is 2.45. The van der Waals surface area contributed by atoms with E-state index in [1.165, 1.54) is 53.9 Å². The van der Waals surface area contributed by atoms with Crippen LogP contribution in [0.4, 0.5) is 10.8 Å². The van der Waals surface area contributed by atoms with Crippen LogP contribution in [0, 0.1) is 0 Å². The highest BCUT2D eigenvalue weighted by molar-refractivity contribution is 7.15. The van der Waals surface area contributed by atoms with Gasteiger partial charge in [0.2, 0.25) is 0 Å². The molecule has 0 unspecified atom stereocenters. The van der Waals surface area contributed by atoms with Gasteiger partial charge in [0.25, 0.3) is 0 Å². The van der Waals surface area contributed by atoms with E-state index in [1.54, 1.807) is 11.3 Å². The van der Waals surface area contributed by atoms with E-state index in [4.69, 9.17) is 10.7 Å². The highest BCUT2D eigenvalue weighted by Gasteiger charge is 2.30. The van der Waals surface area contributed by atoms with Crippen molar-refractivity contribution in [2.75, 3.05) is 11.4 Å². The Bertz CT molecular complexity index is 645. The number of hydrogen-bond acceptors (Lipinski definition) is 4. The fourth-order valence-electron chi connectivity index (χ4n) is 3.18. The van der Waals surface area contributed by atoms with E-state index in [-0.39, 0.29) is 0 Å². The first-order valence-corrected chi connectivity index (χ1v) is 8.73. The molecule has 0 amide bonds. The lowest BCUT2D eigenvalue weighted by atomic mass is 10.1. The quantitative estimate of drug-likeness (QED) is 0.933. The van der Waals surface area contributed by atoms with Gasteiger partial charge in [-0.3, -0.25) is 0 Å². The Balaban J connectivity index is 1.75. The number of fused-ring (bicyclic) bond motifs is 1. The van der Waals surface area contributed by atoms with Gasteiger partial charge >= 0.3 is 0 Å². The second-order valence-corrected chi connectivity index (χ2v) is 7.08. The van der Waals surface area contributed by atoms with Crippen LogP contribution in [0.3, 0.4) is 0 Å². The first kappa shape index (κ1) is 13.3. The summed E-state index contributed by atoms with van der Waals surface area (Å²) in [6.07, 6.45) is 6.24. The molecule has 1 aliphatic carbocycles. The predicted molar refractivity (Wildman–Crippen MR) is 88.4 cm³/mol. The number of aromatic nitrogens is 1. The van der Waals surface area contributed by atoms with Crippen LogP contribution in [-0.2, 0) is 13.0 Å². The van der Waals surface area contributed by atoms with E-state index >= 15 is 0 Å². The van der Waals surface area contributed by atoms with Crippen LogP contribution in [0.2, 0.25) is 0 Å². The molecule has 1 aliphatic heterocycles. The van der Waals surface area contributed by atoms with Crippen LogP contribution >= 0.6 is 11.3 Å². The number of rotatable bonds is 3. The number of nitrogens with two attached hydrogens (primary N) is 1. The second kappa shape index (κ2) is 5.43. The Morgan fingerprint density at radius 2 is 2.10 bits per heavy atom. The van der Waals surface area contributed by atoms with Gasteiger partial charge in [-0.2, -0.15) is 0 Å². The van der Waals surface area contributed by atoms with E-state index < -0.39 is 0 Å². The lowest BCUT2D eigenvalue weighted by molar-refractivity contribution is 0.759. The Labute approximate surface area is 129 Å². The molecule has 4 heteroatoms. The van der Waals surface area contributed by atoms with Crippen LogP contribution in [0.5, 0.6) is 0 Å². The molecule has 3 nitrogen and oxygen atoms in total. The Kier molecular flexibility index (Phi) is 3.43. The SMILES string of the molecule is NCc1sc(N2CCCCc3ccccc32)nc1C1CC1. The maximum absolute atomic E-state index is 5.94. The summed E-state index contributed by atoms with van der Waals surface area (Å²) >= 11 is 1.80. The van der Waals surface area contributed by atoms with Gasteiger partial charge in [-0.1, -0.05) is 29.5 Å². The van der Waals surface area contributed by atoms with Crippen molar-refractivity contribution in [1.29, 1.82) is 0 Å². The molecule has 0 radical (unpaired) electrons. The smallest absolute Gasteiger partial charge is 0.190 e. The minimum atomic E-state index is 0.624. The molecular formula is C17H21N3S. The molecule has 2 N–H and O–H groups in total. The Hall–Kier alpha value is -1.39. The lowest BCUT2D eigenvalue weighted by Gasteiger charge is -2.21. The van der Waals surface area contributed by atoms with Gasteiger partial charge in [0.05, 0.1) is 5.69 Å². The van der Waals surface area contributed by atoms with E-state index in [1.807, 2.05) is 0 Å².